The first-order valence-electron chi connectivity index (χ1n) is 6.68. The largest absolute Gasteiger partial charge is 0.327 e. The van der Waals surface area contributed by atoms with Crippen molar-refractivity contribution >= 4 is 11.7 Å². The number of carbonyl (C=O) groups is 1. The normalized spacial score (nSPS) is 23.3. The number of aryl methyl sites for hydroxylation is 2. The summed E-state index contributed by atoms with van der Waals surface area (Å²) in [5, 5.41) is 7.22. The lowest BCUT2D eigenvalue weighted by Gasteiger charge is -2.14. The molecule has 0 radical (unpaired) electrons. The fraction of sp³-hybridized carbons (Fsp3) is 0.692. The molecule has 0 saturated heterocycles. The SMILES string of the molecule is CCc1cc(NC(=O)C[C@@H]2CCC[C@H]2N)n(C)n1. The quantitative estimate of drug-likeness (QED) is 0.849. The summed E-state index contributed by atoms with van der Waals surface area (Å²) in [7, 11) is 1.84. The summed E-state index contributed by atoms with van der Waals surface area (Å²) in [6, 6.07) is 2.11. The molecule has 5 nitrogen and oxygen atoms in total. The maximum Gasteiger partial charge on any atom is 0.225 e. The minimum atomic E-state index is 0.0444. The molecule has 0 bridgehead atoms. The average molecular weight is 250 g/mol. The highest BCUT2D eigenvalue weighted by Crippen LogP contribution is 2.27. The molecule has 0 aliphatic heterocycles. The summed E-state index contributed by atoms with van der Waals surface area (Å²) in [4.78, 5) is 12.0. The molecular weight excluding hydrogens is 228 g/mol. The molecule has 1 aliphatic carbocycles. The number of hydrogen-bond donors (Lipinski definition) is 2. The Hall–Kier alpha value is -1.36. The van der Waals surface area contributed by atoms with E-state index in [1.54, 1.807) is 4.68 Å². The lowest BCUT2D eigenvalue weighted by Crippen LogP contribution is -2.28. The summed E-state index contributed by atoms with van der Waals surface area (Å²) < 4.78 is 1.71. The van der Waals surface area contributed by atoms with Crippen LogP contribution in [0.15, 0.2) is 6.07 Å². The van der Waals surface area contributed by atoms with Gasteiger partial charge in [-0.05, 0) is 25.2 Å². The van der Waals surface area contributed by atoms with Gasteiger partial charge >= 0.3 is 0 Å². The third kappa shape index (κ3) is 2.90. The van der Waals surface area contributed by atoms with Crippen molar-refractivity contribution in [1.29, 1.82) is 0 Å². The van der Waals surface area contributed by atoms with E-state index in [0.717, 1.165) is 37.2 Å². The molecular formula is C13H22N4O. The van der Waals surface area contributed by atoms with E-state index in [-0.39, 0.29) is 11.9 Å². The van der Waals surface area contributed by atoms with Crippen LogP contribution in [-0.4, -0.2) is 21.7 Å². The molecule has 0 aromatic carbocycles. The van der Waals surface area contributed by atoms with Crippen LogP contribution in [-0.2, 0) is 18.3 Å². The van der Waals surface area contributed by atoms with E-state index in [1.165, 1.54) is 0 Å². The van der Waals surface area contributed by atoms with Crippen molar-refractivity contribution < 1.29 is 4.79 Å². The van der Waals surface area contributed by atoms with E-state index in [1.807, 2.05) is 20.0 Å². The Morgan fingerprint density at radius 2 is 2.39 bits per heavy atom. The summed E-state index contributed by atoms with van der Waals surface area (Å²) in [6.07, 6.45) is 4.65. The van der Waals surface area contributed by atoms with Gasteiger partial charge in [0.15, 0.2) is 0 Å². The van der Waals surface area contributed by atoms with Crippen molar-refractivity contribution in [3.05, 3.63) is 11.8 Å². The maximum atomic E-state index is 12.0. The van der Waals surface area contributed by atoms with Gasteiger partial charge < -0.3 is 11.1 Å². The second-order valence-electron chi connectivity index (χ2n) is 5.11. The van der Waals surface area contributed by atoms with Crippen LogP contribution in [0.2, 0.25) is 0 Å². The Morgan fingerprint density at radius 1 is 1.61 bits per heavy atom. The molecule has 1 aliphatic rings. The monoisotopic (exact) mass is 250 g/mol. The van der Waals surface area contributed by atoms with E-state index in [9.17, 15) is 4.79 Å². The standard InChI is InChI=1S/C13H22N4O/c1-3-10-8-12(17(2)16-10)15-13(18)7-9-5-4-6-11(9)14/h8-9,11H,3-7,14H2,1-2H3,(H,15,18)/t9-,11+/m0/s1. The van der Waals surface area contributed by atoms with Gasteiger partial charge in [-0.25, -0.2) is 0 Å². The molecule has 1 fully saturated rings. The van der Waals surface area contributed by atoms with E-state index in [0.29, 0.717) is 12.3 Å². The number of nitrogens with two attached hydrogens (primary N) is 1. The van der Waals surface area contributed by atoms with E-state index in [2.05, 4.69) is 10.4 Å². The van der Waals surface area contributed by atoms with Crippen LogP contribution in [0.1, 0.15) is 38.3 Å². The first-order valence-corrected chi connectivity index (χ1v) is 6.68. The Balaban J connectivity index is 1.92. The molecule has 1 heterocycles. The predicted octanol–water partition coefficient (Wildman–Crippen LogP) is 1.44. The van der Waals surface area contributed by atoms with Crippen molar-refractivity contribution in [3.8, 4) is 0 Å². The highest BCUT2D eigenvalue weighted by Gasteiger charge is 2.26. The highest BCUT2D eigenvalue weighted by atomic mass is 16.1. The van der Waals surface area contributed by atoms with Gasteiger partial charge in [0.05, 0.1) is 5.69 Å². The van der Waals surface area contributed by atoms with Gasteiger partial charge in [0.2, 0.25) is 5.91 Å². The van der Waals surface area contributed by atoms with Gasteiger partial charge in [-0.3, -0.25) is 9.48 Å². The Bertz CT molecular complexity index is 427. The number of rotatable bonds is 4. The van der Waals surface area contributed by atoms with Gasteiger partial charge in [0.25, 0.3) is 0 Å². The van der Waals surface area contributed by atoms with E-state index in [4.69, 9.17) is 5.73 Å². The minimum absolute atomic E-state index is 0.0444. The number of hydrogen-bond acceptors (Lipinski definition) is 3. The zero-order valence-corrected chi connectivity index (χ0v) is 11.1. The molecule has 1 saturated carbocycles. The number of nitrogens with one attached hydrogen (secondary N) is 1. The number of amides is 1. The van der Waals surface area contributed by atoms with Crippen LogP contribution in [0.3, 0.4) is 0 Å². The van der Waals surface area contributed by atoms with Crippen molar-refractivity contribution in [2.45, 2.75) is 45.1 Å². The van der Waals surface area contributed by atoms with Crippen LogP contribution in [0, 0.1) is 5.92 Å². The van der Waals surface area contributed by atoms with Gasteiger partial charge in [-0.2, -0.15) is 5.10 Å². The molecule has 18 heavy (non-hydrogen) atoms. The van der Waals surface area contributed by atoms with Crippen LogP contribution in [0.4, 0.5) is 5.82 Å². The zero-order valence-electron chi connectivity index (χ0n) is 11.1. The maximum absolute atomic E-state index is 12.0. The highest BCUT2D eigenvalue weighted by molar-refractivity contribution is 5.90. The molecule has 0 unspecified atom stereocenters. The molecule has 2 atom stereocenters. The summed E-state index contributed by atoms with van der Waals surface area (Å²) in [5.74, 6) is 1.15. The molecule has 1 amide bonds. The van der Waals surface area contributed by atoms with Crippen molar-refractivity contribution in [2.75, 3.05) is 5.32 Å². The Kier molecular flexibility index (Phi) is 4.01. The van der Waals surface area contributed by atoms with Crippen LogP contribution in [0.25, 0.3) is 0 Å². The van der Waals surface area contributed by atoms with E-state index < -0.39 is 0 Å². The molecule has 1 aromatic heterocycles. The van der Waals surface area contributed by atoms with Gasteiger partial charge in [-0.15, -0.1) is 0 Å². The van der Waals surface area contributed by atoms with Gasteiger partial charge in [-0.1, -0.05) is 13.3 Å². The zero-order chi connectivity index (χ0) is 13.1. The fourth-order valence-electron chi connectivity index (χ4n) is 2.57. The average Bonchev–Trinajstić information content (AvgIpc) is 2.87. The van der Waals surface area contributed by atoms with Crippen LogP contribution < -0.4 is 11.1 Å². The number of carbonyl (C=O) groups excluding carboxylic acids is 1. The summed E-state index contributed by atoms with van der Waals surface area (Å²) >= 11 is 0. The topological polar surface area (TPSA) is 72.9 Å². The lowest BCUT2D eigenvalue weighted by atomic mass is 10.00. The van der Waals surface area contributed by atoms with Crippen molar-refractivity contribution in [3.63, 3.8) is 0 Å². The van der Waals surface area contributed by atoms with Crippen molar-refractivity contribution in [1.82, 2.24) is 9.78 Å². The number of nitrogens with zero attached hydrogens (tertiary/aromatic N) is 2. The fourth-order valence-corrected chi connectivity index (χ4v) is 2.57. The first-order chi connectivity index (χ1) is 8.60. The number of anilines is 1. The smallest absolute Gasteiger partial charge is 0.225 e. The van der Waals surface area contributed by atoms with Gasteiger partial charge in [0.1, 0.15) is 5.82 Å². The molecule has 0 spiro atoms. The number of aromatic nitrogens is 2. The summed E-state index contributed by atoms with van der Waals surface area (Å²) in [6.45, 7) is 2.05. The Labute approximate surface area is 108 Å². The molecule has 5 heteroatoms. The molecule has 1 aromatic rings. The predicted molar refractivity (Wildman–Crippen MR) is 71.1 cm³/mol. The second kappa shape index (κ2) is 5.52. The lowest BCUT2D eigenvalue weighted by molar-refractivity contribution is -0.117. The molecule has 100 valence electrons. The third-order valence-corrected chi connectivity index (χ3v) is 3.73. The molecule has 2 rings (SSSR count). The van der Waals surface area contributed by atoms with E-state index >= 15 is 0 Å². The van der Waals surface area contributed by atoms with Crippen LogP contribution in [0.5, 0.6) is 0 Å². The molecule has 3 N–H and O–H groups in total. The minimum Gasteiger partial charge on any atom is -0.327 e. The first kappa shape index (κ1) is 13.1. The Morgan fingerprint density at radius 3 is 2.94 bits per heavy atom. The second-order valence-corrected chi connectivity index (χ2v) is 5.11. The van der Waals surface area contributed by atoms with Crippen LogP contribution >= 0.6 is 0 Å². The van der Waals surface area contributed by atoms with Gasteiger partial charge in [0, 0.05) is 25.6 Å². The van der Waals surface area contributed by atoms with Crippen molar-refractivity contribution in [2.24, 2.45) is 18.7 Å². The third-order valence-electron chi connectivity index (χ3n) is 3.73. The summed E-state index contributed by atoms with van der Waals surface area (Å²) in [5.41, 5.74) is 6.97.